The predicted molar refractivity (Wildman–Crippen MR) is 112 cm³/mol. The van der Waals surface area contributed by atoms with Crippen LogP contribution in [-0.4, -0.2) is 65.5 Å². The third kappa shape index (κ3) is 3.02. The first-order chi connectivity index (χ1) is 15.4. The van der Waals surface area contributed by atoms with Crippen molar-refractivity contribution in [2.24, 2.45) is 23.7 Å². The number of carbonyl (C=O) groups excluding carboxylic acids is 3. The van der Waals surface area contributed by atoms with E-state index in [1.54, 1.807) is 16.7 Å². The van der Waals surface area contributed by atoms with Gasteiger partial charge in [-0.25, -0.2) is 14.7 Å². The summed E-state index contributed by atoms with van der Waals surface area (Å²) in [6.07, 6.45) is 5.76. The Morgan fingerprint density at radius 2 is 1.78 bits per heavy atom. The highest BCUT2D eigenvalue weighted by molar-refractivity contribution is 6.22. The number of anilines is 2. The van der Waals surface area contributed by atoms with Gasteiger partial charge in [0.15, 0.2) is 0 Å². The summed E-state index contributed by atoms with van der Waals surface area (Å²) in [5.41, 5.74) is -0.139. The zero-order valence-corrected chi connectivity index (χ0v) is 17.5. The third-order valence-electron chi connectivity index (χ3n) is 6.86. The first-order valence-electron chi connectivity index (χ1n) is 10.8. The molecule has 5 rings (SSSR count). The van der Waals surface area contributed by atoms with Gasteiger partial charge < -0.3 is 14.5 Å². The minimum absolute atomic E-state index is 0.0596. The number of ether oxygens (including phenoxy) is 1. The molecule has 0 spiro atoms. The number of hydrogen-bond acceptors (Lipinski definition) is 8. The van der Waals surface area contributed by atoms with Crippen LogP contribution in [0.5, 0.6) is 0 Å². The second-order valence-electron chi connectivity index (χ2n) is 8.48. The predicted octanol–water partition coefficient (Wildman–Crippen LogP) is 1.58. The number of pyridine rings is 1. The molecular weight excluding hydrogens is 418 g/mol. The molecular formula is C21H23N5O6. The number of carbonyl (C=O) groups is 3. The second-order valence-corrected chi connectivity index (χ2v) is 8.48. The van der Waals surface area contributed by atoms with Crippen molar-refractivity contribution in [2.45, 2.75) is 13.3 Å². The molecule has 4 atom stereocenters. The molecule has 2 aliphatic carbocycles. The van der Waals surface area contributed by atoms with Crippen LogP contribution >= 0.6 is 0 Å². The summed E-state index contributed by atoms with van der Waals surface area (Å²) in [6.45, 7) is 3.41. The average Bonchev–Trinajstić information content (AvgIpc) is 3.47. The summed E-state index contributed by atoms with van der Waals surface area (Å²) < 4.78 is 5.00. The van der Waals surface area contributed by atoms with Crippen molar-refractivity contribution < 1.29 is 24.0 Å². The molecule has 2 saturated heterocycles. The Morgan fingerprint density at radius 1 is 1.16 bits per heavy atom. The molecule has 168 valence electrons. The highest BCUT2D eigenvalue weighted by Gasteiger charge is 2.59. The molecule has 1 aromatic rings. The second kappa shape index (κ2) is 7.57. The van der Waals surface area contributed by atoms with Crippen LogP contribution in [0.15, 0.2) is 24.4 Å². The molecule has 2 bridgehead atoms. The molecule has 0 N–H and O–H groups in total. The van der Waals surface area contributed by atoms with Gasteiger partial charge in [0.25, 0.3) is 0 Å². The molecule has 4 aliphatic rings. The van der Waals surface area contributed by atoms with E-state index in [9.17, 15) is 24.5 Å². The Bertz CT molecular complexity index is 1000. The van der Waals surface area contributed by atoms with Gasteiger partial charge in [0, 0.05) is 32.2 Å². The maximum Gasteiger partial charge on any atom is 0.409 e. The lowest BCUT2D eigenvalue weighted by molar-refractivity contribution is -0.384. The fraction of sp³-hybridized carbons (Fsp3) is 0.524. The van der Waals surface area contributed by atoms with E-state index < -0.39 is 11.0 Å². The largest absolute Gasteiger partial charge is 0.450 e. The summed E-state index contributed by atoms with van der Waals surface area (Å²) in [4.78, 5) is 57.8. The Morgan fingerprint density at radius 3 is 2.34 bits per heavy atom. The normalized spacial score (nSPS) is 28.5. The van der Waals surface area contributed by atoms with Crippen molar-refractivity contribution >= 4 is 35.1 Å². The summed E-state index contributed by atoms with van der Waals surface area (Å²) in [5, 5.41) is 11.8. The van der Waals surface area contributed by atoms with E-state index in [0.717, 1.165) is 11.3 Å². The molecule has 0 aromatic carbocycles. The molecule has 1 aromatic heterocycles. The molecule has 32 heavy (non-hydrogen) atoms. The Balaban J connectivity index is 1.38. The summed E-state index contributed by atoms with van der Waals surface area (Å²) >= 11 is 0. The van der Waals surface area contributed by atoms with Gasteiger partial charge in [-0.05, 0) is 25.2 Å². The maximum absolute atomic E-state index is 13.0. The van der Waals surface area contributed by atoms with Crippen LogP contribution in [0.4, 0.5) is 22.0 Å². The van der Waals surface area contributed by atoms with Crippen molar-refractivity contribution in [1.29, 1.82) is 0 Å². The van der Waals surface area contributed by atoms with Gasteiger partial charge in [-0.2, -0.15) is 0 Å². The number of aromatic nitrogens is 1. The standard InChI is InChI=1S/C21H23N5O6/c1-2-32-21(29)24-7-5-23(6-8-24)18-15(26(30)31)10-14(11-22-18)25-19(27)16-12-3-4-13(9-12)17(16)20(25)28/h3-4,10-13,16-17H,2,5-9H2,1H3/t12-,13+,16+,17-. The number of amides is 3. The lowest BCUT2D eigenvalue weighted by atomic mass is 9.85. The van der Waals surface area contributed by atoms with Crippen LogP contribution in [0.3, 0.4) is 0 Å². The first kappa shape index (κ1) is 20.4. The van der Waals surface area contributed by atoms with E-state index in [4.69, 9.17) is 4.74 Å². The monoisotopic (exact) mass is 441 g/mol. The lowest BCUT2D eigenvalue weighted by Crippen LogP contribution is -2.49. The Kier molecular flexibility index (Phi) is 4.83. The van der Waals surface area contributed by atoms with Gasteiger partial charge in [-0.15, -0.1) is 0 Å². The highest BCUT2D eigenvalue weighted by atomic mass is 16.6. The molecule has 0 unspecified atom stereocenters. The van der Waals surface area contributed by atoms with Gasteiger partial charge in [-0.1, -0.05) is 12.2 Å². The van der Waals surface area contributed by atoms with Crippen LogP contribution in [0.2, 0.25) is 0 Å². The zero-order valence-electron chi connectivity index (χ0n) is 17.5. The number of hydrogen-bond donors (Lipinski definition) is 0. The van der Waals surface area contributed by atoms with Gasteiger partial charge in [0.2, 0.25) is 17.6 Å². The minimum Gasteiger partial charge on any atom is -0.450 e. The van der Waals surface area contributed by atoms with Crippen LogP contribution in [0, 0.1) is 33.8 Å². The topological polar surface area (TPSA) is 126 Å². The summed E-state index contributed by atoms with van der Waals surface area (Å²) in [5.74, 6) is -1.09. The molecule has 3 amide bonds. The summed E-state index contributed by atoms with van der Waals surface area (Å²) in [6, 6.07) is 1.26. The average molecular weight is 441 g/mol. The van der Waals surface area contributed by atoms with Gasteiger partial charge in [-0.3, -0.25) is 19.7 Å². The highest BCUT2D eigenvalue weighted by Crippen LogP contribution is 2.53. The smallest absolute Gasteiger partial charge is 0.409 e. The quantitative estimate of drug-likeness (QED) is 0.298. The van der Waals surface area contributed by atoms with Crippen molar-refractivity contribution in [2.75, 3.05) is 42.6 Å². The number of imide groups is 1. The Labute approximate surface area is 183 Å². The van der Waals surface area contributed by atoms with E-state index >= 15 is 0 Å². The van der Waals surface area contributed by atoms with E-state index in [1.807, 2.05) is 12.2 Å². The van der Waals surface area contributed by atoms with Crippen LogP contribution in [-0.2, 0) is 14.3 Å². The van der Waals surface area contributed by atoms with Crippen LogP contribution < -0.4 is 9.80 Å². The van der Waals surface area contributed by atoms with Crippen molar-refractivity contribution in [3.63, 3.8) is 0 Å². The van der Waals surface area contributed by atoms with E-state index in [-0.39, 0.29) is 59.3 Å². The maximum atomic E-state index is 13.0. The molecule has 3 fully saturated rings. The SMILES string of the molecule is CCOC(=O)N1CCN(c2ncc(N3C(=O)[C@@H]4[C@H](C3=O)[C@H]3C=C[C@@H]4C3)cc2[N+](=O)[O-])CC1. The van der Waals surface area contributed by atoms with Crippen molar-refractivity contribution in [3.05, 3.63) is 34.5 Å². The fourth-order valence-electron chi connectivity index (χ4n) is 5.41. The number of rotatable bonds is 4. The molecule has 1 saturated carbocycles. The van der Waals surface area contributed by atoms with Gasteiger partial charge >= 0.3 is 11.8 Å². The van der Waals surface area contributed by atoms with Crippen molar-refractivity contribution in [3.8, 4) is 0 Å². The van der Waals surface area contributed by atoms with Gasteiger partial charge in [0.05, 0.1) is 35.3 Å². The van der Waals surface area contributed by atoms with Crippen LogP contribution in [0.1, 0.15) is 13.3 Å². The van der Waals surface area contributed by atoms with Crippen LogP contribution in [0.25, 0.3) is 0 Å². The zero-order chi connectivity index (χ0) is 22.6. The number of nitrogens with zero attached hydrogens (tertiary/aromatic N) is 5. The van der Waals surface area contributed by atoms with E-state index in [2.05, 4.69) is 4.98 Å². The Hall–Kier alpha value is -3.50. The fourth-order valence-corrected chi connectivity index (χ4v) is 5.41. The minimum atomic E-state index is -0.555. The molecule has 11 nitrogen and oxygen atoms in total. The molecule has 3 heterocycles. The number of fused-ring (bicyclic) bond motifs is 5. The molecule has 2 aliphatic heterocycles. The first-order valence-corrected chi connectivity index (χ1v) is 10.8. The van der Waals surface area contributed by atoms with Gasteiger partial charge in [0.1, 0.15) is 0 Å². The number of piperazine rings is 1. The van der Waals surface area contributed by atoms with E-state index in [0.29, 0.717) is 26.2 Å². The number of allylic oxidation sites excluding steroid dienone is 2. The third-order valence-corrected chi connectivity index (χ3v) is 6.86. The summed E-state index contributed by atoms with van der Waals surface area (Å²) in [7, 11) is 0. The van der Waals surface area contributed by atoms with E-state index in [1.165, 1.54) is 12.3 Å². The lowest BCUT2D eigenvalue weighted by Gasteiger charge is -2.34. The molecule has 0 radical (unpaired) electrons. The molecule has 11 heteroatoms. The van der Waals surface area contributed by atoms with Crippen molar-refractivity contribution in [1.82, 2.24) is 9.88 Å². The number of nitro groups is 1.